The minimum Gasteiger partial charge on any atom is -0.352 e. The third-order valence-corrected chi connectivity index (χ3v) is 1.85. The molecule has 2 rings (SSSR count). The summed E-state index contributed by atoms with van der Waals surface area (Å²) in [6, 6.07) is 0. The van der Waals surface area contributed by atoms with E-state index in [1.54, 1.807) is 12.4 Å². The molecular weight excluding hydrogens is 222 g/mol. The monoisotopic (exact) mass is 231 g/mol. The molecule has 0 atom stereocenters. The summed E-state index contributed by atoms with van der Waals surface area (Å²) in [5.74, 6) is 0.504. The zero-order valence-electron chi connectivity index (χ0n) is 9.03. The Morgan fingerprint density at radius 2 is 1.82 bits per heavy atom. The van der Waals surface area contributed by atoms with E-state index in [1.807, 2.05) is 0 Å². The van der Waals surface area contributed by atoms with Crippen LogP contribution in [0.1, 0.15) is 12.5 Å². The maximum Gasteiger partial charge on any atom is 0.240 e. The van der Waals surface area contributed by atoms with Gasteiger partial charge in [-0.25, -0.2) is 9.97 Å². The van der Waals surface area contributed by atoms with Crippen molar-refractivity contribution in [2.24, 2.45) is 0 Å². The molecule has 0 saturated heterocycles. The van der Waals surface area contributed by atoms with E-state index in [0.29, 0.717) is 12.4 Å². The average molecular weight is 231 g/mol. The Hall–Kier alpha value is -2.51. The van der Waals surface area contributed by atoms with Crippen LogP contribution in [0.2, 0.25) is 0 Å². The van der Waals surface area contributed by atoms with E-state index in [2.05, 4.69) is 35.7 Å². The van der Waals surface area contributed by atoms with Crippen molar-refractivity contribution in [3.8, 4) is 11.6 Å². The van der Waals surface area contributed by atoms with Gasteiger partial charge in [0, 0.05) is 31.4 Å². The number of hydrogen-bond donors (Lipinski definition) is 1. The van der Waals surface area contributed by atoms with Gasteiger partial charge in [-0.1, -0.05) is 0 Å². The van der Waals surface area contributed by atoms with Crippen LogP contribution in [0, 0.1) is 0 Å². The largest absolute Gasteiger partial charge is 0.352 e. The van der Waals surface area contributed by atoms with Crippen molar-refractivity contribution in [2.75, 3.05) is 0 Å². The van der Waals surface area contributed by atoms with Crippen LogP contribution in [0.3, 0.4) is 0 Å². The van der Waals surface area contributed by atoms with Gasteiger partial charge in [-0.3, -0.25) is 4.79 Å². The molecule has 8 heteroatoms. The molecule has 17 heavy (non-hydrogen) atoms. The Kier molecular flexibility index (Phi) is 3.24. The molecule has 2 heterocycles. The molecule has 2 aromatic heterocycles. The van der Waals surface area contributed by atoms with Crippen LogP contribution in [0.15, 0.2) is 18.7 Å². The zero-order chi connectivity index (χ0) is 12.1. The highest BCUT2D eigenvalue weighted by molar-refractivity contribution is 5.72. The van der Waals surface area contributed by atoms with Crippen LogP contribution in [-0.2, 0) is 11.3 Å². The second-order valence-corrected chi connectivity index (χ2v) is 3.19. The zero-order valence-corrected chi connectivity index (χ0v) is 9.03. The SMILES string of the molecule is CC(=O)NCc1cnc(-c2nncnn2)nc1. The predicted octanol–water partition coefficient (Wildman–Crippen LogP) is -0.640. The fraction of sp³-hybridized carbons (Fsp3) is 0.222. The van der Waals surface area contributed by atoms with Gasteiger partial charge in [0.05, 0.1) is 0 Å². The number of rotatable bonds is 3. The molecule has 1 N–H and O–H groups in total. The van der Waals surface area contributed by atoms with Crippen LogP contribution in [-0.4, -0.2) is 36.3 Å². The van der Waals surface area contributed by atoms with E-state index >= 15 is 0 Å². The van der Waals surface area contributed by atoms with Crippen LogP contribution in [0.25, 0.3) is 11.6 Å². The van der Waals surface area contributed by atoms with E-state index in [1.165, 1.54) is 13.3 Å². The van der Waals surface area contributed by atoms with Gasteiger partial charge in [0.15, 0.2) is 6.33 Å². The second-order valence-electron chi connectivity index (χ2n) is 3.19. The predicted molar refractivity (Wildman–Crippen MR) is 56.2 cm³/mol. The summed E-state index contributed by atoms with van der Waals surface area (Å²) in [5, 5.41) is 17.3. The van der Waals surface area contributed by atoms with E-state index in [-0.39, 0.29) is 11.7 Å². The Morgan fingerprint density at radius 3 is 2.41 bits per heavy atom. The molecule has 0 unspecified atom stereocenters. The van der Waals surface area contributed by atoms with Crippen molar-refractivity contribution in [3.63, 3.8) is 0 Å². The van der Waals surface area contributed by atoms with Crippen molar-refractivity contribution in [1.82, 2.24) is 35.7 Å². The molecule has 8 nitrogen and oxygen atoms in total. The summed E-state index contributed by atoms with van der Waals surface area (Å²) in [7, 11) is 0. The first-order valence-corrected chi connectivity index (χ1v) is 4.82. The number of carbonyl (C=O) groups excluding carboxylic acids is 1. The topological polar surface area (TPSA) is 106 Å². The van der Waals surface area contributed by atoms with Crippen molar-refractivity contribution >= 4 is 5.91 Å². The molecule has 2 aromatic rings. The van der Waals surface area contributed by atoms with Crippen LogP contribution < -0.4 is 5.32 Å². The number of nitrogens with zero attached hydrogens (tertiary/aromatic N) is 6. The molecule has 0 fully saturated rings. The molecule has 0 saturated carbocycles. The van der Waals surface area contributed by atoms with Crippen LogP contribution >= 0.6 is 0 Å². The van der Waals surface area contributed by atoms with Gasteiger partial charge in [0.25, 0.3) is 0 Å². The molecule has 0 aromatic carbocycles. The maximum absolute atomic E-state index is 10.7. The molecule has 86 valence electrons. The van der Waals surface area contributed by atoms with E-state index in [4.69, 9.17) is 0 Å². The van der Waals surface area contributed by atoms with Crippen molar-refractivity contribution in [2.45, 2.75) is 13.5 Å². The summed E-state index contributed by atoms with van der Waals surface area (Å²) in [6.45, 7) is 1.84. The first-order chi connectivity index (χ1) is 8.25. The summed E-state index contributed by atoms with van der Waals surface area (Å²) < 4.78 is 0. The van der Waals surface area contributed by atoms with E-state index in [9.17, 15) is 4.79 Å². The standard InChI is InChI=1S/C9H9N7O/c1-6(17)10-2-7-3-11-8(12-4-7)9-15-13-5-14-16-9/h3-5H,2H2,1H3,(H,10,17). The van der Waals surface area contributed by atoms with E-state index < -0.39 is 0 Å². The van der Waals surface area contributed by atoms with E-state index in [0.717, 1.165) is 5.56 Å². The lowest BCUT2D eigenvalue weighted by atomic mass is 10.3. The Bertz CT molecular complexity index is 499. The number of carbonyl (C=O) groups is 1. The minimum atomic E-state index is -0.103. The highest BCUT2D eigenvalue weighted by Gasteiger charge is 2.05. The summed E-state index contributed by atoms with van der Waals surface area (Å²) >= 11 is 0. The Morgan fingerprint density at radius 1 is 1.18 bits per heavy atom. The lowest BCUT2D eigenvalue weighted by Crippen LogP contribution is -2.19. The smallest absolute Gasteiger partial charge is 0.240 e. The number of nitrogens with one attached hydrogen (secondary N) is 1. The third kappa shape index (κ3) is 2.97. The highest BCUT2D eigenvalue weighted by Crippen LogP contribution is 2.05. The molecule has 0 bridgehead atoms. The van der Waals surface area contributed by atoms with Gasteiger partial charge in [-0.05, 0) is 0 Å². The van der Waals surface area contributed by atoms with Crippen molar-refractivity contribution in [1.29, 1.82) is 0 Å². The molecule has 0 aliphatic rings. The fourth-order valence-corrected chi connectivity index (χ4v) is 1.08. The molecule has 0 aliphatic heterocycles. The summed E-state index contributed by atoms with van der Waals surface area (Å²) in [6.07, 6.45) is 4.41. The van der Waals surface area contributed by atoms with Gasteiger partial charge in [-0.2, -0.15) is 0 Å². The molecular formula is C9H9N7O. The molecule has 1 amide bonds. The molecule has 0 aliphatic carbocycles. The highest BCUT2D eigenvalue weighted by atomic mass is 16.1. The fourth-order valence-electron chi connectivity index (χ4n) is 1.08. The van der Waals surface area contributed by atoms with Crippen molar-refractivity contribution < 1.29 is 4.79 Å². The van der Waals surface area contributed by atoms with Gasteiger partial charge >= 0.3 is 0 Å². The minimum absolute atomic E-state index is 0.103. The van der Waals surface area contributed by atoms with Gasteiger partial charge in [0.2, 0.25) is 17.6 Å². The lowest BCUT2D eigenvalue weighted by Gasteiger charge is -2.01. The quantitative estimate of drug-likeness (QED) is 0.748. The van der Waals surface area contributed by atoms with Gasteiger partial charge < -0.3 is 5.32 Å². The average Bonchev–Trinajstić information content (AvgIpc) is 2.38. The van der Waals surface area contributed by atoms with Gasteiger partial charge in [-0.15, -0.1) is 20.4 Å². The first kappa shape index (κ1) is 11.0. The molecule has 0 radical (unpaired) electrons. The summed E-state index contributed by atoms with van der Waals surface area (Å²) in [4.78, 5) is 18.8. The van der Waals surface area contributed by atoms with Crippen molar-refractivity contribution in [3.05, 3.63) is 24.3 Å². The Balaban J connectivity index is 2.11. The van der Waals surface area contributed by atoms with Gasteiger partial charge in [0.1, 0.15) is 0 Å². The number of aromatic nitrogens is 6. The summed E-state index contributed by atoms with van der Waals surface area (Å²) in [5.41, 5.74) is 0.792. The lowest BCUT2D eigenvalue weighted by molar-refractivity contribution is -0.119. The Labute approximate surface area is 96.5 Å². The number of amides is 1. The van der Waals surface area contributed by atoms with Crippen LogP contribution in [0.5, 0.6) is 0 Å². The second kappa shape index (κ2) is 5.01. The molecule has 0 spiro atoms. The first-order valence-electron chi connectivity index (χ1n) is 4.82. The third-order valence-electron chi connectivity index (χ3n) is 1.85. The number of hydrogen-bond acceptors (Lipinski definition) is 7. The normalized spacial score (nSPS) is 9.94. The van der Waals surface area contributed by atoms with Crippen LogP contribution in [0.4, 0.5) is 0 Å². The maximum atomic E-state index is 10.7.